The maximum atomic E-state index is 4.51. The van der Waals surface area contributed by atoms with Crippen molar-refractivity contribution < 1.29 is 0 Å². The molecular weight excluding hydrogens is 254 g/mol. The fraction of sp³-hybridized carbons (Fsp3) is 0.533. The number of hydrogen-bond acceptors (Lipinski definition) is 4. The van der Waals surface area contributed by atoms with Crippen LogP contribution in [0, 0.1) is 0 Å². The van der Waals surface area contributed by atoms with Gasteiger partial charge in [-0.25, -0.2) is 4.98 Å². The molecule has 0 aliphatic carbocycles. The maximum absolute atomic E-state index is 4.51. The summed E-state index contributed by atoms with van der Waals surface area (Å²) >= 11 is 1.78. The average molecular weight is 275 g/mol. The van der Waals surface area contributed by atoms with Crippen LogP contribution < -0.4 is 5.32 Å². The van der Waals surface area contributed by atoms with E-state index in [0.717, 1.165) is 5.82 Å². The summed E-state index contributed by atoms with van der Waals surface area (Å²) in [6.45, 7) is 5.92. The molecule has 0 bridgehead atoms. The average Bonchev–Trinajstić information content (AvgIpc) is 2.91. The molecule has 1 aliphatic rings. The number of thiophene rings is 1. The molecule has 0 aromatic carbocycles. The smallest absolute Gasteiger partial charge is 0.134 e. The zero-order chi connectivity index (χ0) is 13.1. The number of anilines is 1. The van der Waals surface area contributed by atoms with Crippen molar-refractivity contribution in [3.05, 3.63) is 23.7 Å². The third-order valence-electron chi connectivity index (χ3n) is 3.85. The van der Waals surface area contributed by atoms with Crippen molar-refractivity contribution >= 4 is 27.2 Å². The summed E-state index contributed by atoms with van der Waals surface area (Å²) in [4.78, 5) is 7.08. The van der Waals surface area contributed by atoms with Crippen LogP contribution in [0.25, 0.3) is 10.1 Å². The second-order valence-corrected chi connectivity index (χ2v) is 6.20. The van der Waals surface area contributed by atoms with Gasteiger partial charge in [0.2, 0.25) is 0 Å². The first-order chi connectivity index (χ1) is 9.36. The lowest BCUT2D eigenvalue weighted by Crippen LogP contribution is -2.39. The highest BCUT2D eigenvalue weighted by atomic mass is 32.1. The van der Waals surface area contributed by atoms with Gasteiger partial charge in [-0.1, -0.05) is 6.92 Å². The molecule has 19 heavy (non-hydrogen) atoms. The van der Waals surface area contributed by atoms with Crippen LogP contribution in [0.5, 0.6) is 0 Å². The van der Waals surface area contributed by atoms with E-state index in [-0.39, 0.29) is 0 Å². The van der Waals surface area contributed by atoms with Crippen LogP contribution in [0.2, 0.25) is 0 Å². The van der Waals surface area contributed by atoms with Gasteiger partial charge in [-0.3, -0.25) is 0 Å². The summed E-state index contributed by atoms with van der Waals surface area (Å²) in [5, 5.41) is 7.05. The van der Waals surface area contributed by atoms with Crippen LogP contribution in [0.15, 0.2) is 23.7 Å². The van der Waals surface area contributed by atoms with Crippen molar-refractivity contribution in [3.8, 4) is 0 Å². The van der Waals surface area contributed by atoms with Crippen molar-refractivity contribution in [2.45, 2.75) is 32.2 Å². The van der Waals surface area contributed by atoms with Gasteiger partial charge in [0.15, 0.2) is 0 Å². The Morgan fingerprint density at radius 2 is 2.21 bits per heavy atom. The van der Waals surface area contributed by atoms with E-state index < -0.39 is 0 Å². The molecule has 2 aromatic heterocycles. The number of aromatic nitrogens is 1. The molecule has 0 amide bonds. The Bertz CT molecular complexity index is 529. The van der Waals surface area contributed by atoms with Crippen LogP contribution in [0.4, 0.5) is 5.82 Å². The quantitative estimate of drug-likeness (QED) is 0.924. The molecule has 0 spiro atoms. The zero-order valence-corrected chi connectivity index (χ0v) is 12.2. The molecule has 1 aliphatic heterocycles. The van der Waals surface area contributed by atoms with E-state index in [1.165, 1.54) is 49.0 Å². The molecule has 0 saturated carbocycles. The lowest BCUT2D eigenvalue weighted by atomic mass is 10.0. The van der Waals surface area contributed by atoms with Crippen LogP contribution in [0.3, 0.4) is 0 Å². The normalized spacial score (nSPS) is 17.9. The molecule has 0 atom stereocenters. The van der Waals surface area contributed by atoms with Crippen LogP contribution >= 0.6 is 11.3 Å². The predicted octanol–water partition coefficient (Wildman–Crippen LogP) is 3.58. The van der Waals surface area contributed by atoms with E-state index >= 15 is 0 Å². The molecule has 3 heterocycles. The Labute approximate surface area is 118 Å². The molecule has 3 nitrogen and oxygen atoms in total. The van der Waals surface area contributed by atoms with E-state index in [9.17, 15) is 0 Å². The molecule has 0 radical (unpaired) electrons. The van der Waals surface area contributed by atoms with Gasteiger partial charge in [0, 0.05) is 35.4 Å². The van der Waals surface area contributed by atoms with Gasteiger partial charge in [0.1, 0.15) is 5.82 Å². The molecule has 2 aromatic rings. The van der Waals surface area contributed by atoms with Gasteiger partial charge in [-0.2, -0.15) is 0 Å². The highest BCUT2D eigenvalue weighted by molar-refractivity contribution is 7.17. The van der Waals surface area contributed by atoms with E-state index in [2.05, 4.69) is 39.6 Å². The molecule has 1 saturated heterocycles. The Kier molecular flexibility index (Phi) is 3.99. The van der Waals surface area contributed by atoms with Gasteiger partial charge in [-0.05, 0) is 43.3 Å². The standard InChI is InChI=1S/C15H21N3S/c1-2-8-18-9-4-12(5-10-18)17-15-13-6-11-19-14(13)3-7-16-15/h3,6-7,11-12H,2,4-5,8-10H2,1H3,(H,16,17). The number of hydrogen-bond donors (Lipinski definition) is 1. The Balaban J connectivity index is 1.65. The highest BCUT2D eigenvalue weighted by Crippen LogP contribution is 2.27. The van der Waals surface area contributed by atoms with Crippen molar-refractivity contribution in [2.75, 3.05) is 25.0 Å². The number of nitrogens with zero attached hydrogens (tertiary/aromatic N) is 2. The SMILES string of the molecule is CCCN1CCC(Nc2nccc3sccc23)CC1. The van der Waals surface area contributed by atoms with Gasteiger partial charge in [0.25, 0.3) is 0 Å². The Hall–Kier alpha value is -1.13. The first kappa shape index (κ1) is 12.9. The molecule has 3 rings (SSSR count). The molecule has 4 heteroatoms. The third-order valence-corrected chi connectivity index (χ3v) is 4.73. The van der Waals surface area contributed by atoms with E-state index in [0.29, 0.717) is 6.04 Å². The molecule has 1 fully saturated rings. The number of fused-ring (bicyclic) bond motifs is 1. The van der Waals surface area contributed by atoms with E-state index in [4.69, 9.17) is 0 Å². The van der Waals surface area contributed by atoms with Crippen molar-refractivity contribution in [1.82, 2.24) is 9.88 Å². The molecular formula is C15H21N3S. The van der Waals surface area contributed by atoms with E-state index in [1.54, 1.807) is 11.3 Å². The van der Waals surface area contributed by atoms with Gasteiger partial charge >= 0.3 is 0 Å². The molecule has 1 N–H and O–H groups in total. The fourth-order valence-electron chi connectivity index (χ4n) is 2.82. The summed E-state index contributed by atoms with van der Waals surface area (Å²) < 4.78 is 1.32. The first-order valence-corrected chi connectivity index (χ1v) is 8.06. The largest absolute Gasteiger partial charge is 0.367 e. The molecule has 102 valence electrons. The first-order valence-electron chi connectivity index (χ1n) is 7.18. The van der Waals surface area contributed by atoms with Gasteiger partial charge < -0.3 is 10.2 Å². The lowest BCUT2D eigenvalue weighted by Gasteiger charge is -2.32. The summed E-state index contributed by atoms with van der Waals surface area (Å²) in [6, 6.07) is 4.84. The minimum atomic E-state index is 0.575. The predicted molar refractivity (Wildman–Crippen MR) is 83.0 cm³/mol. The van der Waals surface area contributed by atoms with E-state index in [1.807, 2.05) is 6.20 Å². The second kappa shape index (κ2) is 5.88. The number of rotatable bonds is 4. The highest BCUT2D eigenvalue weighted by Gasteiger charge is 2.19. The van der Waals surface area contributed by atoms with Crippen LogP contribution in [-0.4, -0.2) is 35.6 Å². The molecule has 0 unspecified atom stereocenters. The lowest BCUT2D eigenvalue weighted by molar-refractivity contribution is 0.219. The second-order valence-electron chi connectivity index (χ2n) is 5.25. The topological polar surface area (TPSA) is 28.2 Å². The van der Waals surface area contributed by atoms with Gasteiger partial charge in [-0.15, -0.1) is 11.3 Å². The van der Waals surface area contributed by atoms with Crippen LogP contribution in [-0.2, 0) is 0 Å². The van der Waals surface area contributed by atoms with Gasteiger partial charge in [0.05, 0.1) is 0 Å². The minimum absolute atomic E-state index is 0.575. The van der Waals surface area contributed by atoms with Crippen molar-refractivity contribution in [2.24, 2.45) is 0 Å². The zero-order valence-electron chi connectivity index (χ0n) is 11.4. The summed E-state index contributed by atoms with van der Waals surface area (Å²) in [5.41, 5.74) is 0. The fourth-order valence-corrected chi connectivity index (χ4v) is 3.60. The summed E-state index contributed by atoms with van der Waals surface area (Å²) in [6.07, 6.45) is 5.62. The minimum Gasteiger partial charge on any atom is -0.367 e. The van der Waals surface area contributed by atoms with Crippen molar-refractivity contribution in [1.29, 1.82) is 0 Å². The van der Waals surface area contributed by atoms with Crippen molar-refractivity contribution in [3.63, 3.8) is 0 Å². The number of likely N-dealkylation sites (tertiary alicyclic amines) is 1. The number of nitrogens with one attached hydrogen (secondary N) is 1. The van der Waals surface area contributed by atoms with Crippen LogP contribution in [0.1, 0.15) is 26.2 Å². The Morgan fingerprint density at radius 1 is 1.37 bits per heavy atom. The summed E-state index contributed by atoms with van der Waals surface area (Å²) in [5.74, 6) is 1.06. The third kappa shape index (κ3) is 2.90. The maximum Gasteiger partial charge on any atom is 0.134 e. The Morgan fingerprint density at radius 3 is 3.00 bits per heavy atom. The monoisotopic (exact) mass is 275 g/mol. The number of piperidine rings is 1. The number of pyridine rings is 1. The summed E-state index contributed by atoms with van der Waals surface area (Å²) in [7, 11) is 0.